The van der Waals surface area contributed by atoms with Crippen molar-refractivity contribution in [3.05, 3.63) is 58.0 Å². The molecule has 0 aliphatic carbocycles. The van der Waals surface area contributed by atoms with E-state index in [-0.39, 0.29) is 33.7 Å². The van der Waals surface area contributed by atoms with Gasteiger partial charge < -0.3 is 9.26 Å². The summed E-state index contributed by atoms with van der Waals surface area (Å²) in [5, 5.41) is 4.32. The normalized spacial score (nSPS) is 11.4. The Hall–Kier alpha value is -2.29. The Morgan fingerprint density at radius 3 is 2.35 bits per heavy atom. The number of halogens is 2. The Morgan fingerprint density at radius 1 is 1.12 bits per heavy atom. The highest BCUT2D eigenvalue weighted by Crippen LogP contribution is 2.35. The van der Waals surface area contributed by atoms with Gasteiger partial charge in [0.25, 0.3) is 10.0 Å². The van der Waals surface area contributed by atoms with Crippen LogP contribution < -0.4 is 9.46 Å². The van der Waals surface area contributed by atoms with Gasteiger partial charge in [0.1, 0.15) is 5.69 Å². The van der Waals surface area contributed by atoms with E-state index in [1.807, 2.05) is 0 Å². The zero-order valence-electron chi connectivity index (χ0n) is 13.7. The lowest BCUT2D eigenvalue weighted by Crippen LogP contribution is -2.14. The Labute approximate surface area is 159 Å². The van der Waals surface area contributed by atoms with Crippen LogP contribution in [0.2, 0.25) is 10.0 Å². The fourth-order valence-corrected chi connectivity index (χ4v) is 4.10. The largest absolute Gasteiger partial charge is 0.436 e. The summed E-state index contributed by atoms with van der Waals surface area (Å²) in [6.07, 6.45) is 1.32. The molecule has 1 N–H and O–H groups in total. The second kappa shape index (κ2) is 7.14. The Morgan fingerprint density at radius 2 is 1.81 bits per heavy atom. The van der Waals surface area contributed by atoms with Crippen LogP contribution in [0, 0.1) is 13.8 Å². The zero-order chi connectivity index (χ0) is 18.9. The lowest BCUT2D eigenvalue weighted by atomic mass is 10.3. The molecule has 0 fully saturated rings. The summed E-state index contributed by atoms with van der Waals surface area (Å²) < 4.78 is 37.8. The number of nitrogens with one attached hydrogen (secondary N) is 1. The van der Waals surface area contributed by atoms with Crippen molar-refractivity contribution < 1.29 is 17.7 Å². The van der Waals surface area contributed by atoms with Gasteiger partial charge in [0.05, 0.1) is 21.9 Å². The number of aryl methyl sites for hydroxylation is 2. The van der Waals surface area contributed by atoms with E-state index in [0.29, 0.717) is 10.0 Å². The summed E-state index contributed by atoms with van der Waals surface area (Å²) in [6.45, 7) is 3.07. The lowest BCUT2D eigenvalue weighted by Gasteiger charge is -2.10. The monoisotopic (exact) mass is 413 g/mol. The molecule has 2 heterocycles. The van der Waals surface area contributed by atoms with Crippen molar-refractivity contribution in [1.82, 2.24) is 10.1 Å². The van der Waals surface area contributed by atoms with Gasteiger partial charge in [-0.3, -0.25) is 4.72 Å². The highest BCUT2D eigenvalue weighted by atomic mass is 35.5. The standard InChI is InChI=1S/C16H13Cl2N3O4S/c1-9-16(10(2)25-20-9)26(22,23)21-11-6-7-14(19-8-11)24-15-12(17)4-3-5-13(15)18/h3-8,21H,1-2H3. The summed E-state index contributed by atoms with van der Waals surface area (Å²) in [7, 11) is -3.85. The number of hydrogen-bond acceptors (Lipinski definition) is 6. The second-order valence-electron chi connectivity index (χ2n) is 5.30. The number of anilines is 1. The summed E-state index contributed by atoms with van der Waals surface area (Å²) in [4.78, 5) is 4.06. The first-order valence-corrected chi connectivity index (χ1v) is 9.55. The van der Waals surface area contributed by atoms with Crippen LogP contribution in [0.5, 0.6) is 11.6 Å². The van der Waals surface area contributed by atoms with Crippen LogP contribution in [-0.2, 0) is 10.0 Å². The third-order valence-corrected chi connectivity index (χ3v) is 5.57. The molecule has 2 aromatic heterocycles. The average molecular weight is 414 g/mol. The second-order valence-corrected chi connectivity index (χ2v) is 7.73. The Kier molecular flexibility index (Phi) is 5.08. The molecule has 136 valence electrons. The third kappa shape index (κ3) is 3.77. The van der Waals surface area contributed by atoms with Crippen LogP contribution >= 0.6 is 23.2 Å². The van der Waals surface area contributed by atoms with Crippen molar-refractivity contribution >= 4 is 38.9 Å². The third-order valence-electron chi connectivity index (χ3n) is 3.35. The summed E-state index contributed by atoms with van der Waals surface area (Å²) in [5.41, 5.74) is 0.527. The van der Waals surface area contributed by atoms with Crippen molar-refractivity contribution in [2.24, 2.45) is 0 Å². The van der Waals surface area contributed by atoms with Gasteiger partial charge in [0.15, 0.2) is 16.4 Å². The van der Waals surface area contributed by atoms with Gasteiger partial charge in [-0.1, -0.05) is 34.4 Å². The smallest absolute Gasteiger partial charge is 0.267 e. The molecule has 10 heteroatoms. The average Bonchev–Trinajstić information content (AvgIpc) is 2.92. The first kappa shape index (κ1) is 18.5. The number of ether oxygens (including phenoxy) is 1. The van der Waals surface area contributed by atoms with Gasteiger partial charge in [-0.05, 0) is 32.0 Å². The molecule has 0 saturated heterocycles. The fraction of sp³-hybridized carbons (Fsp3) is 0.125. The number of nitrogens with zero attached hydrogens (tertiary/aromatic N) is 2. The highest BCUT2D eigenvalue weighted by Gasteiger charge is 2.24. The van der Waals surface area contributed by atoms with Crippen LogP contribution in [0.25, 0.3) is 0 Å². The molecule has 1 aromatic carbocycles. The SMILES string of the molecule is Cc1noc(C)c1S(=O)(=O)Nc1ccc(Oc2c(Cl)cccc2Cl)nc1. The summed E-state index contributed by atoms with van der Waals surface area (Å²) in [6, 6.07) is 7.95. The lowest BCUT2D eigenvalue weighted by molar-refractivity contribution is 0.390. The quantitative estimate of drug-likeness (QED) is 0.657. The number of sulfonamides is 1. The number of hydrogen-bond donors (Lipinski definition) is 1. The van der Waals surface area contributed by atoms with Crippen LogP contribution in [0.4, 0.5) is 5.69 Å². The van der Waals surface area contributed by atoms with Crippen LogP contribution in [-0.4, -0.2) is 18.6 Å². The van der Waals surface area contributed by atoms with Gasteiger partial charge >= 0.3 is 0 Å². The Bertz CT molecular complexity index is 1010. The van der Waals surface area contributed by atoms with E-state index in [9.17, 15) is 8.42 Å². The molecular formula is C16H13Cl2N3O4S. The van der Waals surface area contributed by atoms with Crippen molar-refractivity contribution in [1.29, 1.82) is 0 Å². The van der Waals surface area contributed by atoms with E-state index in [1.54, 1.807) is 25.1 Å². The van der Waals surface area contributed by atoms with E-state index in [2.05, 4.69) is 14.9 Å². The molecule has 0 aliphatic rings. The van der Waals surface area contributed by atoms with E-state index < -0.39 is 10.0 Å². The first-order valence-electron chi connectivity index (χ1n) is 7.31. The van der Waals surface area contributed by atoms with Crippen molar-refractivity contribution in [3.8, 4) is 11.6 Å². The minimum absolute atomic E-state index is 0.000626. The molecule has 0 unspecified atom stereocenters. The molecular weight excluding hydrogens is 401 g/mol. The van der Waals surface area contributed by atoms with Gasteiger partial charge in [-0.2, -0.15) is 0 Å². The van der Waals surface area contributed by atoms with E-state index in [1.165, 1.54) is 25.3 Å². The predicted molar refractivity (Wildman–Crippen MR) is 97.6 cm³/mol. The molecule has 0 amide bonds. The topological polar surface area (TPSA) is 94.3 Å². The number of aromatic nitrogens is 2. The van der Waals surface area contributed by atoms with Crippen molar-refractivity contribution in [2.75, 3.05) is 4.72 Å². The molecule has 0 radical (unpaired) electrons. The van der Waals surface area contributed by atoms with Gasteiger partial charge in [0, 0.05) is 6.07 Å². The summed E-state index contributed by atoms with van der Waals surface area (Å²) in [5.74, 6) is 0.684. The molecule has 0 bridgehead atoms. The zero-order valence-corrected chi connectivity index (χ0v) is 16.0. The molecule has 3 aromatic rings. The number of pyridine rings is 1. The molecule has 26 heavy (non-hydrogen) atoms. The van der Waals surface area contributed by atoms with E-state index in [4.69, 9.17) is 32.5 Å². The molecule has 7 nitrogen and oxygen atoms in total. The fourth-order valence-electron chi connectivity index (χ4n) is 2.25. The molecule has 0 aliphatic heterocycles. The van der Waals surface area contributed by atoms with E-state index in [0.717, 1.165) is 0 Å². The van der Waals surface area contributed by atoms with Gasteiger partial charge in [-0.25, -0.2) is 13.4 Å². The maximum Gasteiger partial charge on any atom is 0.267 e. The first-order chi connectivity index (χ1) is 12.3. The molecule has 0 saturated carbocycles. The molecule has 0 atom stereocenters. The van der Waals surface area contributed by atoms with Gasteiger partial charge in [0.2, 0.25) is 5.88 Å². The molecule has 3 rings (SSSR count). The maximum atomic E-state index is 12.5. The summed E-state index contributed by atoms with van der Waals surface area (Å²) >= 11 is 12.1. The predicted octanol–water partition coefficient (Wildman–Crippen LogP) is 4.59. The van der Waals surface area contributed by atoms with Crippen LogP contribution in [0.3, 0.4) is 0 Å². The maximum absolute atomic E-state index is 12.5. The van der Waals surface area contributed by atoms with E-state index >= 15 is 0 Å². The minimum atomic E-state index is -3.85. The number of rotatable bonds is 5. The Balaban J connectivity index is 1.80. The van der Waals surface area contributed by atoms with Crippen LogP contribution in [0.1, 0.15) is 11.5 Å². The van der Waals surface area contributed by atoms with Crippen LogP contribution in [0.15, 0.2) is 45.9 Å². The van der Waals surface area contributed by atoms with Gasteiger partial charge in [-0.15, -0.1) is 0 Å². The van der Waals surface area contributed by atoms with Crippen molar-refractivity contribution in [2.45, 2.75) is 18.7 Å². The van der Waals surface area contributed by atoms with Crippen molar-refractivity contribution in [3.63, 3.8) is 0 Å². The number of para-hydroxylation sites is 1. The minimum Gasteiger partial charge on any atom is -0.436 e. The highest BCUT2D eigenvalue weighted by molar-refractivity contribution is 7.92. The molecule has 0 spiro atoms. The number of benzene rings is 1.